The summed E-state index contributed by atoms with van der Waals surface area (Å²) < 4.78 is 59.3. The SMILES string of the molecule is C[C@H](CO)N1C[C@H](C)[C@H](CN(C)C(=O)Nc2ccc(F)cc2)Oc2ncc(-c3cccc(C(F)(F)F)c3)cc2C1=O. The number of halogens is 4. The molecule has 0 bridgehead atoms. The Bertz CT molecular complexity index is 1400. The van der Waals surface area contributed by atoms with Gasteiger partial charge in [-0.15, -0.1) is 0 Å². The van der Waals surface area contributed by atoms with Gasteiger partial charge < -0.3 is 25.0 Å². The first-order valence-electron chi connectivity index (χ1n) is 12.9. The number of hydrogen-bond acceptors (Lipinski definition) is 5. The predicted octanol–water partition coefficient (Wildman–Crippen LogP) is 5.29. The number of amides is 3. The molecule has 2 heterocycles. The zero-order valence-corrected chi connectivity index (χ0v) is 22.7. The summed E-state index contributed by atoms with van der Waals surface area (Å²) in [5, 5.41) is 12.5. The largest absolute Gasteiger partial charge is 0.472 e. The maximum atomic E-state index is 13.6. The van der Waals surface area contributed by atoms with Gasteiger partial charge in [-0.05, 0) is 55.0 Å². The molecular weight excluding hydrogens is 544 g/mol. The molecule has 1 aliphatic heterocycles. The Morgan fingerprint density at radius 2 is 1.90 bits per heavy atom. The van der Waals surface area contributed by atoms with Gasteiger partial charge in [-0.3, -0.25) is 4.79 Å². The van der Waals surface area contributed by atoms with Crippen molar-refractivity contribution in [3.05, 3.63) is 77.7 Å². The van der Waals surface area contributed by atoms with Crippen LogP contribution in [0.2, 0.25) is 0 Å². The van der Waals surface area contributed by atoms with Crippen molar-refractivity contribution in [2.24, 2.45) is 5.92 Å². The summed E-state index contributed by atoms with van der Waals surface area (Å²) in [6, 6.07) is 10.4. The number of anilines is 1. The van der Waals surface area contributed by atoms with E-state index in [1.54, 1.807) is 14.0 Å². The molecule has 8 nitrogen and oxygen atoms in total. The molecule has 218 valence electrons. The van der Waals surface area contributed by atoms with Crippen molar-refractivity contribution in [1.82, 2.24) is 14.8 Å². The van der Waals surface area contributed by atoms with Gasteiger partial charge in [0.05, 0.1) is 24.8 Å². The van der Waals surface area contributed by atoms with Gasteiger partial charge in [0.2, 0.25) is 5.88 Å². The molecule has 0 saturated carbocycles. The summed E-state index contributed by atoms with van der Waals surface area (Å²) in [7, 11) is 1.55. The van der Waals surface area contributed by atoms with E-state index < -0.39 is 41.6 Å². The van der Waals surface area contributed by atoms with E-state index in [9.17, 15) is 32.3 Å². The van der Waals surface area contributed by atoms with E-state index in [4.69, 9.17) is 4.74 Å². The molecular formula is C29H30F4N4O4. The molecule has 12 heteroatoms. The second-order valence-electron chi connectivity index (χ2n) is 10.1. The number of urea groups is 1. The lowest BCUT2D eigenvalue weighted by Gasteiger charge is -2.37. The van der Waals surface area contributed by atoms with Crippen LogP contribution in [-0.2, 0) is 6.18 Å². The minimum absolute atomic E-state index is 0.0236. The lowest BCUT2D eigenvalue weighted by Crippen LogP contribution is -2.50. The fourth-order valence-electron chi connectivity index (χ4n) is 4.46. The van der Waals surface area contributed by atoms with Gasteiger partial charge >= 0.3 is 12.2 Å². The fourth-order valence-corrected chi connectivity index (χ4v) is 4.46. The summed E-state index contributed by atoms with van der Waals surface area (Å²) in [6.07, 6.45) is -3.86. The van der Waals surface area contributed by atoms with Crippen LogP contribution in [0.1, 0.15) is 29.8 Å². The van der Waals surface area contributed by atoms with Gasteiger partial charge in [-0.1, -0.05) is 19.1 Å². The third-order valence-corrected chi connectivity index (χ3v) is 6.94. The van der Waals surface area contributed by atoms with E-state index in [-0.39, 0.29) is 48.2 Å². The second-order valence-corrected chi connectivity index (χ2v) is 10.1. The van der Waals surface area contributed by atoms with E-state index in [1.165, 1.54) is 58.5 Å². The van der Waals surface area contributed by atoms with Gasteiger partial charge in [0.25, 0.3) is 5.91 Å². The van der Waals surface area contributed by atoms with E-state index >= 15 is 0 Å². The highest BCUT2D eigenvalue weighted by atomic mass is 19.4. The number of nitrogens with zero attached hydrogens (tertiary/aromatic N) is 3. The van der Waals surface area contributed by atoms with Gasteiger partial charge in [0.15, 0.2) is 0 Å². The first-order valence-corrected chi connectivity index (χ1v) is 12.9. The number of benzene rings is 2. The molecule has 2 N–H and O–H groups in total. The van der Waals surface area contributed by atoms with Crippen molar-refractivity contribution in [3.8, 4) is 17.0 Å². The Kier molecular flexibility index (Phi) is 8.81. The number of ether oxygens (including phenoxy) is 1. The highest BCUT2D eigenvalue weighted by Crippen LogP contribution is 2.34. The Hall–Kier alpha value is -4.19. The summed E-state index contributed by atoms with van der Waals surface area (Å²) in [5.74, 6) is -1.28. The summed E-state index contributed by atoms with van der Waals surface area (Å²) in [6.45, 7) is 3.45. The smallest absolute Gasteiger partial charge is 0.416 e. The summed E-state index contributed by atoms with van der Waals surface area (Å²) >= 11 is 0. The van der Waals surface area contributed by atoms with Crippen molar-refractivity contribution in [1.29, 1.82) is 0 Å². The molecule has 2 aromatic carbocycles. The molecule has 0 fully saturated rings. The first kappa shape index (κ1) is 29.8. The van der Waals surface area contributed by atoms with Crippen LogP contribution in [0.5, 0.6) is 5.88 Å². The van der Waals surface area contributed by atoms with Gasteiger partial charge in [0, 0.05) is 37.0 Å². The van der Waals surface area contributed by atoms with Gasteiger partial charge in [-0.2, -0.15) is 13.2 Å². The first-order chi connectivity index (χ1) is 19.4. The monoisotopic (exact) mass is 574 g/mol. The lowest BCUT2D eigenvalue weighted by atomic mass is 9.98. The van der Waals surface area contributed by atoms with Gasteiger partial charge in [0.1, 0.15) is 17.5 Å². The minimum atomic E-state index is -4.54. The van der Waals surface area contributed by atoms with Crippen LogP contribution in [0.4, 0.5) is 28.0 Å². The number of aromatic nitrogens is 1. The molecule has 3 atom stereocenters. The Balaban J connectivity index is 1.65. The standard InChI is InChI=1S/C29H30F4N4O4/c1-17-14-37(18(2)16-38)27(39)24-12-20(19-5-4-6-21(11-19)29(31,32)33)13-34-26(24)41-25(17)15-36(3)28(40)35-23-9-7-22(30)8-10-23/h4-13,17-18,25,38H,14-16H2,1-3H3,(H,35,40)/t17-,18+,25-/m0/s1. The predicted molar refractivity (Wildman–Crippen MR) is 144 cm³/mol. The van der Waals surface area contributed by atoms with Crippen molar-refractivity contribution in [2.75, 3.05) is 32.1 Å². The zero-order chi connectivity index (χ0) is 29.9. The van der Waals surface area contributed by atoms with Crippen LogP contribution in [-0.4, -0.2) is 70.7 Å². The van der Waals surface area contributed by atoms with Crippen molar-refractivity contribution < 1.29 is 37.0 Å². The molecule has 0 radical (unpaired) electrons. The molecule has 3 amide bonds. The number of aliphatic hydroxyl groups is 1. The highest BCUT2D eigenvalue weighted by Gasteiger charge is 2.35. The highest BCUT2D eigenvalue weighted by molar-refractivity contribution is 5.98. The summed E-state index contributed by atoms with van der Waals surface area (Å²) in [4.78, 5) is 33.6. The quantitative estimate of drug-likeness (QED) is 0.390. The number of carbonyl (C=O) groups excluding carboxylic acids is 2. The zero-order valence-electron chi connectivity index (χ0n) is 22.7. The second kappa shape index (κ2) is 12.1. The van der Waals surface area contributed by atoms with Crippen LogP contribution in [0.3, 0.4) is 0 Å². The van der Waals surface area contributed by atoms with Crippen LogP contribution in [0.25, 0.3) is 11.1 Å². The molecule has 4 rings (SSSR count). The minimum Gasteiger partial charge on any atom is -0.472 e. The normalized spacial score (nSPS) is 18.0. The Morgan fingerprint density at radius 3 is 2.56 bits per heavy atom. The van der Waals surface area contributed by atoms with Crippen molar-refractivity contribution in [3.63, 3.8) is 0 Å². The van der Waals surface area contributed by atoms with Crippen LogP contribution < -0.4 is 10.1 Å². The topological polar surface area (TPSA) is 95.0 Å². The number of carbonyl (C=O) groups is 2. The maximum absolute atomic E-state index is 13.6. The molecule has 3 aromatic rings. The number of rotatable bonds is 6. The maximum Gasteiger partial charge on any atom is 0.416 e. The molecule has 0 spiro atoms. The number of likely N-dealkylation sites (N-methyl/N-ethyl adjacent to an activating group) is 1. The third kappa shape index (κ3) is 6.94. The average Bonchev–Trinajstić information content (AvgIpc) is 2.95. The van der Waals surface area contributed by atoms with E-state index in [2.05, 4.69) is 10.3 Å². The molecule has 41 heavy (non-hydrogen) atoms. The molecule has 1 aromatic heterocycles. The molecule has 0 saturated heterocycles. The number of nitrogens with one attached hydrogen (secondary N) is 1. The summed E-state index contributed by atoms with van der Waals surface area (Å²) in [5.41, 5.74) is 0.0852. The van der Waals surface area contributed by atoms with E-state index in [0.717, 1.165) is 12.1 Å². The van der Waals surface area contributed by atoms with E-state index in [0.29, 0.717) is 5.69 Å². The average molecular weight is 575 g/mol. The lowest BCUT2D eigenvalue weighted by molar-refractivity contribution is -0.137. The van der Waals surface area contributed by atoms with Crippen LogP contribution in [0.15, 0.2) is 60.8 Å². The Labute approximate surface area is 234 Å². The van der Waals surface area contributed by atoms with Crippen LogP contribution >= 0.6 is 0 Å². The number of fused-ring (bicyclic) bond motifs is 1. The molecule has 0 aliphatic carbocycles. The molecule has 0 unspecified atom stereocenters. The molecule has 1 aliphatic rings. The fraction of sp³-hybridized carbons (Fsp3) is 0.345. The Morgan fingerprint density at radius 1 is 1.20 bits per heavy atom. The van der Waals surface area contributed by atoms with Gasteiger partial charge in [-0.25, -0.2) is 14.2 Å². The van der Waals surface area contributed by atoms with Crippen molar-refractivity contribution in [2.45, 2.75) is 32.2 Å². The van der Waals surface area contributed by atoms with Crippen molar-refractivity contribution >= 4 is 17.6 Å². The van der Waals surface area contributed by atoms with E-state index in [1.807, 2.05) is 6.92 Å². The third-order valence-electron chi connectivity index (χ3n) is 6.94. The number of hydrogen-bond donors (Lipinski definition) is 2. The number of alkyl halides is 3. The van der Waals surface area contributed by atoms with Crippen LogP contribution in [0, 0.1) is 11.7 Å². The number of aliphatic hydroxyl groups excluding tert-OH is 1. The number of pyridine rings is 1.